The van der Waals surface area contributed by atoms with Crippen molar-refractivity contribution in [1.82, 2.24) is 4.31 Å². The lowest BCUT2D eigenvalue weighted by molar-refractivity contribution is -0.137. The van der Waals surface area contributed by atoms with E-state index in [-0.39, 0.29) is 11.0 Å². The molecule has 7 heteroatoms. The van der Waals surface area contributed by atoms with Gasteiger partial charge in [-0.1, -0.05) is 132 Å². The molecule has 0 heterocycles. The minimum atomic E-state index is -4.49. The largest absolute Gasteiger partial charge is 0.417 e. The van der Waals surface area contributed by atoms with Crippen molar-refractivity contribution in [2.24, 2.45) is 11.3 Å². The first-order valence-corrected chi connectivity index (χ1v) is 19.2. The molecule has 0 aromatic heterocycles. The number of hydrogen-bond acceptors (Lipinski definition) is 4. The Morgan fingerprint density at radius 3 is 1.94 bits per heavy atom. The molecule has 0 aliphatic rings. The van der Waals surface area contributed by atoms with Gasteiger partial charge in [0.2, 0.25) is 0 Å². The maximum Gasteiger partial charge on any atom is 0.417 e. The summed E-state index contributed by atoms with van der Waals surface area (Å²) in [6, 6.07) is 33.1. The normalized spacial score (nSPS) is 11.7. The topological polar surface area (TPSA) is 39.1 Å². The molecule has 0 spiro atoms. The van der Waals surface area contributed by atoms with Crippen LogP contribution in [0.4, 0.5) is 18.9 Å². The molecule has 1 atom stereocenters. The molecule has 0 fully saturated rings. The van der Waals surface area contributed by atoms with Crippen molar-refractivity contribution in [2.75, 3.05) is 26.5 Å². The van der Waals surface area contributed by atoms with Gasteiger partial charge in [-0.15, -0.1) is 6.58 Å². The number of nitrogens with zero attached hydrogens (tertiary/aromatic N) is 2. The van der Waals surface area contributed by atoms with E-state index in [1.54, 1.807) is 11.9 Å². The maximum absolute atomic E-state index is 12.4. The summed E-state index contributed by atoms with van der Waals surface area (Å²) in [6.45, 7) is 21.0. The molecule has 0 amide bonds. The SMILES string of the molecule is C=C(C)c1ccccc1.C=CC(C)(Cc1cccc(-c2ccc(SN(C)C)cc2)c1)C(CCC)CCC.CC.CNc1ccc(C#N)c(C(F)(F)F)c1. The van der Waals surface area contributed by atoms with Crippen LogP contribution in [0.2, 0.25) is 0 Å². The van der Waals surface area contributed by atoms with E-state index in [9.17, 15) is 13.2 Å². The predicted molar refractivity (Wildman–Crippen MR) is 225 cm³/mol. The Hall–Kier alpha value is -4.25. The minimum absolute atomic E-state index is 0.150. The molecule has 0 saturated heterocycles. The van der Waals surface area contributed by atoms with Gasteiger partial charge in [-0.3, -0.25) is 4.31 Å². The van der Waals surface area contributed by atoms with Crippen molar-refractivity contribution >= 4 is 23.2 Å². The smallest absolute Gasteiger partial charge is 0.388 e. The van der Waals surface area contributed by atoms with Crippen molar-refractivity contribution in [3.8, 4) is 17.2 Å². The van der Waals surface area contributed by atoms with E-state index < -0.39 is 11.7 Å². The average molecular weight is 744 g/mol. The summed E-state index contributed by atoms with van der Waals surface area (Å²) in [5.74, 6) is 0.700. The number of rotatable bonds is 13. The van der Waals surface area contributed by atoms with Gasteiger partial charge in [-0.05, 0) is 116 Å². The van der Waals surface area contributed by atoms with E-state index in [0.29, 0.717) is 11.6 Å². The zero-order valence-electron chi connectivity index (χ0n) is 33.3. The van der Waals surface area contributed by atoms with Crippen LogP contribution in [0, 0.1) is 22.7 Å². The monoisotopic (exact) mass is 743 g/mol. The van der Waals surface area contributed by atoms with Gasteiger partial charge in [0.25, 0.3) is 0 Å². The van der Waals surface area contributed by atoms with Gasteiger partial charge in [-0.25, -0.2) is 0 Å². The fourth-order valence-electron chi connectivity index (χ4n) is 5.86. The van der Waals surface area contributed by atoms with Gasteiger partial charge in [-0.2, -0.15) is 18.4 Å². The van der Waals surface area contributed by atoms with E-state index in [0.717, 1.165) is 24.1 Å². The van der Waals surface area contributed by atoms with Crippen LogP contribution in [-0.2, 0) is 12.6 Å². The molecular weight excluding hydrogens is 684 g/mol. The minimum Gasteiger partial charge on any atom is -0.388 e. The summed E-state index contributed by atoms with van der Waals surface area (Å²) in [6.07, 6.45) is 3.82. The average Bonchev–Trinajstić information content (AvgIpc) is 3.16. The first-order chi connectivity index (χ1) is 25.2. The number of hydrogen-bond donors (Lipinski definition) is 1. The lowest BCUT2D eigenvalue weighted by Gasteiger charge is -2.35. The fourth-order valence-corrected chi connectivity index (χ4v) is 6.54. The highest BCUT2D eigenvalue weighted by atomic mass is 32.2. The second-order valence-electron chi connectivity index (χ2n) is 13.1. The molecule has 3 nitrogen and oxygen atoms in total. The molecule has 4 rings (SSSR count). The maximum atomic E-state index is 12.4. The van der Waals surface area contributed by atoms with Crippen LogP contribution in [0.15, 0.2) is 121 Å². The molecule has 4 aromatic carbocycles. The van der Waals surface area contributed by atoms with Gasteiger partial charge in [0, 0.05) is 17.6 Å². The van der Waals surface area contributed by atoms with Gasteiger partial charge in [0.15, 0.2) is 0 Å². The summed E-state index contributed by atoms with van der Waals surface area (Å²) in [4.78, 5) is 1.27. The number of benzene rings is 4. The fraction of sp³-hybridized carbons (Fsp3) is 0.370. The first kappa shape index (κ1) is 46.8. The summed E-state index contributed by atoms with van der Waals surface area (Å²) in [5, 5.41) is 11.1. The number of nitrogens with one attached hydrogen (secondary N) is 1. The molecule has 0 aliphatic carbocycles. The zero-order valence-corrected chi connectivity index (χ0v) is 34.1. The number of alkyl halides is 3. The van der Waals surface area contributed by atoms with Gasteiger partial charge < -0.3 is 5.32 Å². The Labute approximate surface area is 323 Å². The summed E-state index contributed by atoms with van der Waals surface area (Å²) >= 11 is 1.75. The lowest BCUT2D eigenvalue weighted by atomic mass is 9.69. The Morgan fingerprint density at radius 2 is 1.49 bits per heavy atom. The number of nitriles is 1. The molecule has 0 radical (unpaired) electrons. The third-order valence-corrected chi connectivity index (χ3v) is 9.51. The second-order valence-corrected chi connectivity index (χ2v) is 14.4. The molecule has 0 saturated carbocycles. The molecule has 53 heavy (non-hydrogen) atoms. The molecule has 286 valence electrons. The van der Waals surface area contributed by atoms with Crippen LogP contribution < -0.4 is 5.32 Å². The third kappa shape index (κ3) is 16.1. The Balaban J connectivity index is 0.000000462. The van der Waals surface area contributed by atoms with E-state index >= 15 is 0 Å². The zero-order chi connectivity index (χ0) is 40.0. The Kier molecular flexibility index (Phi) is 21.3. The standard InChI is InChI=1S/C26H37NS.C9H7F3N2.C9H10.C2H6/c1-7-11-24(12-8-2)26(4,9-3)20-21-13-10-14-23(19-21)22-15-17-25(18-16-22)28-27(5)6;1-14-7-3-2-6(5-13)8(4-7)9(10,11)12;1-8(2)9-6-4-3-5-7-9;1-2/h9-10,13-19,24H,3,7-8,11-12,20H2,1-2,4-6H3;2-4,14H,1H3;3-7H,1H2,2H3;1-2H3. The van der Waals surface area contributed by atoms with Gasteiger partial charge in [0.05, 0.1) is 17.2 Å². The highest BCUT2D eigenvalue weighted by Crippen LogP contribution is 2.39. The highest BCUT2D eigenvalue weighted by molar-refractivity contribution is 7.97. The van der Waals surface area contributed by atoms with E-state index in [4.69, 9.17) is 5.26 Å². The number of allylic oxidation sites excluding steroid dienone is 2. The van der Waals surface area contributed by atoms with Crippen LogP contribution in [0.1, 0.15) is 89.5 Å². The predicted octanol–water partition coefficient (Wildman–Crippen LogP) is 14.2. The molecule has 1 N–H and O–H groups in total. The van der Waals surface area contributed by atoms with Crippen molar-refractivity contribution in [3.63, 3.8) is 0 Å². The van der Waals surface area contributed by atoms with Crippen molar-refractivity contribution < 1.29 is 13.2 Å². The Bertz CT molecular complexity index is 1690. The summed E-state index contributed by atoms with van der Waals surface area (Å²) < 4.78 is 39.2. The molecule has 0 aliphatic heterocycles. The van der Waals surface area contributed by atoms with Crippen LogP contribution in [0.5, 0.6) is 0 Å². The van der Waals surface area contributed by atoms with Crippen LogP contribution in [0.3, 0.4) is 0 Å². The van der Waals surface area contributed by atoms with Crippen molar-refractivity contribution in [3.05, 3.63) is 139 Å². The molecular formula is C46H60F3N3S. The van der Waals surface area contributed by atoms with Gasteiger partial charge >= 0.3 is 6.18 Å². The Morgan fingerprint density at radius 1 is 0.887 bits per heavy atom. The molecule has 1 unspecified atom stereocenters. The van der Waals surface area contributed by atoms with Gasteiger partial charge in [0.1, 0.15) is 0 Å². The molecule has 0 bridgehead atoms. The summed E-state index contributed by atoms with van der Waals surface area (Å²) in [5.41, 5.74) is 5.53. The van der Waals surface area contributed by atoms with Crippen LogP contribution in [-0.4, -0.2) is 25.4 Å². The van der Waals surface area contributed by atoms with Crippen LogP contribution >= 0.6 is 11.9 Å². The van der Waals surface area contributed by atoms with E-state index in [2.05, 4.69) is 124 Å². The van der Waals surface area contributed by atoms with Crippen molar-refractivity contribution in [2.45, 2.75) is 84.7 Å². The number of halogens is 3. The third-order valence-electron chi connectivity index (χ3n) is 8.66. The quantitative estimate of drug-likeness (QED) is 0.109. The highest BCUT2D eigenvalue weighted by Gasteiger charge is 2.34. The second kappa shape index (κ2) is 24.1. The van der Waals surface area contributed by atoms with E-state index in [1.807, 2.05) is 39.0 Å². The first-order valence-electron chi connectivity index (χ1n) is 18.4. The molecule has 4 aromatic rings. The summed E-state index contributed by atoms with van der Waals surface area (Å²) in [7, 11) is 5.66. The van der Waals surface area contributed by atoms with Crippen molar-refractivity contribution in [1.29, 1.82) is 5.26 Å². The van der Waals surface area contributed by atoms with E-state index in [1.165, 1.54) is 72.0 Å². The number of anilines is 1. The lowest BCUT2D eigenvalue weighted by Crippen LogP contribution is -2.27. The van der Waals surface area contributed by atoms with Crippen LogP contribution in [0.25, 0.3) is 16.7 Å².